The van der Waals surface area contributed by atoms with E-state index in [-0.39, 0.29) is 0 Å². The third kappa shape index (κ3) is 11.9. The lowest BCUT2D eigenvalue weighted by Crippen LogP contribution is -2.22. The molecule has 0 aliphatic rings. The number of methoxy groups -OCH3 is 1. The normalized spacial score (nSPS) is 11.1. The molecule has 0 aromatic rings. The summed E-state index contributed by atoms with van der Waals surface area (Å²) in [6.45, 7) is 8.94. The van der Waals surface area contributed by atoms with Gasteiger partial charge in [-0.25, -0.2) is 0 Å². The van der Waals surface area contributed by atoms with Gasteiger partial charge in [0.15, 0.2) is 0 Å². The Kier molecular flexibility index (Phi) is 10.9. The van der Waals surface area contributed by atoms with Gasteiger partial charge in [-0.3, -0.25) is 0 Å². The van der Waals surface area contributed by atoms with Crippen molar-refractivity contribution in [2.45, 2.75) is 26.7 Å². The third-order valence-electron chi connectivity index (χ3n) is 1.96. The Bertz CT molecular complexity index is 107. The predicted octanol–water partition coefficient (Wildman–Crippen LogP) is 1.68. The molecule has 0 unspecified atom stereocenters. The SMILES string of the molecule is COCCCOCCNCCC(C)C. The van der Waals surface area contributed by atoms with Crippen molar-refractivity contribution in [2.75, 3.05) is 40.0 Å². The number of rotatable bonds is 10. The Hall–Kier alpha value is -0.120. The van der Waals surface area contributed by atoms with Gasteiger partial charge in [0.1, 0.15) is 0 Å². The van der Waals surface area contributed by atoms with Crippen LogP contribution in [0.15, 0.2) is 0 Å². The van der Waals surface area contributed by atoms with E-state index in [1.54, 1.807) is 7.11 Å². The van der Waals surface area contributed by atoms with Crippen molar-refractivity contribution in [3.8, 4) is 0 Å². The average Bonchev–Trinajstić information content (AvgIpc) is 2.15. The molecule has 0 amide bonds. The zero-order valence-corrected chi connectivity index (χ0v) is 9.84. The molecule has 86 valence electrons. The Morgan fingerprint density at radius 1 is 1.07 bits per heavy atom. The average molecular weight is 203 g/mol. The van der Waals surface area contributed by atoms with Crippen LogP contribution in [-0.4, -0.2) is 40.0 Å². The summed E-state index contributed by atoms with van der Waals surface area (Å²) in [5.41, 5.74) is 0. The van der Waals surface area contributed by atoms with Gasteiger partial charge in [-0.1, -0.05) is 13.8 Å². The fourth-order valence-corrected chi connectivity index (χ4v) is 1.07. The molecule has 3 nitrogen and oxygen atoms in total. The second-order valence-electron chi connectivity index (χ2n) is 3.89. The van der Waals surface area contributed by atoms with E-state index in [0.717, 1.165) is 45.2 Å². The summed E-state index contributed by atoms with van der Waals surface area (Å²) in [7, 11) is 1.72. The number of hydrogen-bond acceptors (Lipinski definition) is 3. The summed E-state index contributed by atoms with van der Waals surface area (Å²) in [4.78, 5) is 0. The molecule has 0 fully saturated rings. The van der Waals surface area contributed by atoms with Crippen LogP contribution in [0.3, 0.4) is 0 Å². The molecule has 14 heavy (non-hydrogen) atoms. The highest BCUT2D eigenvalue weighted by molar-refractivity contribution is 4.50. The van der Waals surface area contributed by atoms with Crippen LogP contribution in [0.4, 0.5) is 0 Å². The molecular weight excluding hydrogens is 178 g/mol. The fourth-order valence-electron chi connectivity index (χ4n) is 1.07. The van der Waals surface area contributed by atoms with Crippen molar-refractivity contribution in [3.63, 3.8) is 0 Å². The van der Waals surface area contributed by atoms with Crippen LogP contribution in [0, 0.1) is 5.92 Å². The van der Waals surface area contributed by atoms with Gasteiger partial charge >= 0.3 is 0 Å². The summed E-state index contributed by atoms with van der Waals surface area (Å²) < 4.78 is 10.3. The third-order valence-corrected chi connectivity index (χ3v) is 1.96. The Morgan fingerprint density at radius 3 is 2.50 bits per heavy atom. The van der Waals surface area contributed by atoms with Gasteiger partial charge in [0.05, 0.1) is 6.61 Å². The molecule has 0 saturated heterocycles. The highest BCUT2D eigenvalue weighted by Crippen LogP contribution is 1.95. The largest absolute Gasteiger partial charge is 0.385 e. The second kappa shape index (κ2) is 11.0. The summed E-state index contributed by atoms with van der Waals surface area (Å²) >= 11 is 0. The zero-order valence-electron chi connectivity index (χ0n) is 9.84. The first-order chi connectivity index (χ1) is 6.77. The van der Waals surface area contributed by atoms with Crippen LogP contribution in [0.1, 0.15) is 26.7 Å². The molecule has 0 aromatic carbocycles. The molecular formula is C11H25NO2. The summed E-state index contributed by atoms with van der Waals surface area (Å²) in [5.74, 6) is 0.783. The highest BCUT2D eigenvalue weighted by atomic mass is 16.5. The smallest absolute Gasteiger partial charge is 0.0590 e. The summed E-state index contributed by atoms with van der Waals surface area (Å²) in [6.07, 6.45) is 2.23. The molecule has 1 N–H and O–H groups in total. The molecule has 0 rings (SSSR count). The maximum atomic E-state index is 5.40. The number of ether oxygens (including phenoxy) is 2. The van der Waals surface area contributed by atoms with Crippen molar-refractivity contribution in [1.29, 1.82) is 0 Å². The van der Waals surface area contributed by atoms with Crippen LogP contribution in [0.25, 0.3) is 0 Å². The van der Waals surface area contributed by atoms with Crippen molar-refractivity contribution in [2.24, 2.45) is 5.92 Å². The number of nitrogens with one attached hydrogen (secondary N) is 1. The topological polar surface area (TPSA) is 30.5 Å². The van der Waals surface area contributed by atoms with Crippen LogP contribution >= 0.6 is 0 Å². The first-order valence-electron chi connectivity index (χ1n) is 5.54. The quantitative estimate of drug-likeness (QED) is 0.548. The lowest BCUT2D eigenvalue weighted by Gasteiger charge is -2.07. The van der Waals surface area contributed by atoms with Crippen molar-refractivity contribution >= 4 is 0 Å². The van der Waals surface area contributed by atoms with Crippen LogP contribution in [0.5, 0.6) is 0 Å². The lowest BCUT2D eigenvalue weighted by molar-refractivity contribution is 0.104. The monoisotopic (exact) mass is 203 g/mol. The molecule has 0 aliphatic heterocycles. The van der Waals surface area contributed by atoms with E-state index in [1.165, 1.54) is 6.42 Å². The van der Waals surface area contributed by atoms with Crippen molar-refractivity contribution in [3.05, 3.63) is 0 Å². The van der Waals surface area contributed by atoms with Crippen LogP contribution in [-0.2, 0) is 9.47 Å². The Morgan fingerprint density at radius 2 is 1.86 bits per heavy atom. The van der Waals surface area contributed by atoms with E-state index in [4.69, 9.17) is 9.47 Å². The van der Waals surface area contributed by atoms with Gasteiger partial charge in [-0.2, -0.15) is 0 Å². The minimum absolute atomic E-state index is 0.783. The fraction of sp³-hybridized carbons (Fsp3) is 1.00. The van der Waals surface area contributed by atoms with Crippen molar-refractivity contribution in [1.82, 2.24) is 5.32 Å². The summed E-state index contributed by atoms with van der Waals surface area (Å²) in [5, 5.41) is 3.35. The van der Waals surface area contributed by atoms with Gasteiger partial charge < -0.3 is 14.8 Å². The van der Waals surface area contributed by atoms with E-state index >= 15 is 0 Å². The van der Waals surface area contributed by atoms with E-state index in [1.807, 2.05) is 0 Å². The first-order valence-corrected chi connectivity index (χ1v) is 5.54. The molecule has 0 heterocycles. The molecule has 0 spiro atoms. The van der Waals surface area contributed by atoms with E-state index < -0.39 is 0 Å². The van der Waals surface area contributed by atoms with Crippen molar-refractivity contribution < 1.29 is 9.47 Å². The lowest BCUT2D eigenvalue weighted by atomic mass is 10.1. The second-order valence-corrected chi connectivity index (χ2v) is 3.89. The van der Waals surface area contributed by atoms with Crippen LogP contribution < -0.4 is 5.32 Å². The van der Waals surface area contributed by atoms with Gasteiger partial charge in [0.25, 0.3) is 0 Å². The molecule has 0 atom stereocenters. The van der Waals surface area contributed by atoms with Gasteiger partial charge in [0.2, 0.25) is 0 Å². The first kappa shape index (κ1) is 13.9. The predicted molar refractivity (Wildman–Crippen MR) is 59.6 cm³/mol. The molecule has 0 aromatic heterocycles. The number of hydrogen-bond donors (Lipinski definition) is 1. The van der Waals surface area contributed by atoms with Gasteiger partial charge in [0, 0.05) is 26.9 Å². The van der Waals surface area contributed by atoms with Crippen LogP contribution in [0.2, 0.25) is 0 Å². The van der Waals surface area contributed by atoms with E-state index in [2.05, 4.69) is 19.2 Å². The molecule has 0 aliphatic carbocycles. The maximum Gasteiger partial charge on any atom is 0.0590 e. The van der Waals surface area contributed by atoms with Gasteiger partial charge in [-0.05, 0) is 25.3 Å². The molecule has 0 radical (unpaired) electrons. The summed E-state index contributed by atoms with van der Waals surface area (Å²) in [6, 6.07) is 0. The highest BCUT2D eigenvalue weighted by Gasteiger charge is 1.93. The molecule has 3 heteroatoms. The minimum Gasteiger partial charge on any atom is -0.385 e. The minimum atomic E-state index is 0.783. The molecule has 0 saturated carbocycles. The Labute approximate surface area is 88.2 Å². The van der Waals surface area contributed by atoms with E-state index in [9.17, 15) is 0 Å². The zero-order chi connectivity index (χ0) is 10.6. The molecule has 0 bridgehead atoms. The maximum absolute atomic E-state index is 5.40. The Balaban J connectivity index is 2.85. The van der Waals surface area contributed by atoms with Gasteiger partial charge in [-0.15, -0.1) is 0 Å². The van der Waals surface area contributed by atoms with E-state index in [0.29, 0.717) is 0 Å². The standard InChI is InChI=1S/C11H25NO2/c1-11(2)5-6-12-7-10-14-9-4-8-13-3/h11-12H,4-10H2,1-3H3.